The van der Waals surface area contributed by atoms with Crippen molar-refractivity contribution >= 4 is 141 Å². The lowest BCUT2D eigenvalue weighted by Crippen LogP contribution is -2.46. The quantitative estimate of drug-likeness (QED) is 0.0799. The van der Waals surface area contributed by atoms with Crippen LogP contribution >= 0.6 is 92.8 Å². The molecule has 0 spiro atoms. The highest BCUT2D eigenvalue weighted by atomic mass is 35.5. The van der Waals surface area contributed by atoms with E-state index in [4.69, 9.17) is 92.8 Å². The van der Waals surface area contributed by atoms with Crippen LogP contribution in [0.4, 0.5) is 0 Å². The lowest BCUT2D eigenvalue weighted by molar-refractivity contribution is 0.227. The number of alkyl halides is 8. The molecule has 0 radical (unpaired) electrons. The number of fused-ring (bicyclic) bond motifs is 7. The standard InChI is InChI=1S/C37H54Si.C31H42Si.C31H52Si.C26H40Si.4C3H6Cl2.CH4/c1-25-24-34-30(26-12-8-7-9-13-26)15-11-17-33(34)36(25)38(5,6)35-23-22-31-29(14-10-16-32(31)35)27-18-20-28(21-19-27)37(2,3)4;1-19-18-29-27(26-15-10-13-24-12-8-9-14-25(24)26)16-11-17-28(29)30(19)32(6,7)31-22(4)20(2)21(3)23(31)5;1-19-18-28-26(24-14-16-25(17-15-24)31(6,7)8)12-11-13-27(28)29(19)32(9,10)30-22(4)20(2)21(3)23(30)5;1-27(2,25-16-13-20-10-6-7-11-23(20)25)26-17-14-22-18-21(12-15-24(22)26)19-8-4-3-5-9-19;4*1-3(2,4)5;/h7-9,12-13,18-21,25,29-36H,10-11,14-17,22-24H2,1-6H3;8-17,19-23,28-31H,18H2,1-7H3;14-17,19-23,26-30H,11-13,18H2,1-10H3;3-5,8-9,20-26H,6-7,10-18H2,1-2H3;4*1-2H3;1H4. The van der Waals surface area contributed by atoms with Crippen molar-refractivity contribution in [1.29, 1.82) is 0 Å². The van der Waals surface area contributed by atoms with Crippen LogP contribution in [0, 0.1) is 136 Å². The Balaban J connectivity index is 0.000000167. The largest absolute Gasteiger partial charge is 0.112 e. The second kappa shape index (κ2) is 51.9. The summed E-state index contributed by atoms with van der Waals surface area (Å²) in [6.07, 6.45) is 45.0. The van der Waals surface area contributed by atoms with E-state index < -0.39 is 49.6 Å². The molecule has 13 fully saturated rings. The number of benzene rings is 6. The van der Waals surface area contributed by atoms with Crippen LogP contribution < -0.4 is 0 Å². The van der Waals surface area contributed by atoms with Gasteiger partial charge in [-0.1, -0.05) is 444 Å². The van der Waals surface area contributed by atoms with Crippen LogP contribution in [-0.2, 0) is 10.8 Å². The molecule has 0 aromatic heterocycles. The molecule has 33 atom stereocenters. The van der Waals surface area contributed by atoms with E-state index >= 15 is 0 Å². The summed E-state index contributed by atoms with van der Waals surface area (Å²) in [5.41, 5.74) is 21.3. The second-order valence-electron chi connectivity index (χ2n) is 58.8. The normalized spacial score (nSPS) is 36.2. The fourth-order valence-corrected chi connectivity index (χ4v) is 63.5. The van der Waals surface area contributed by atoms with Gasteiger partial charge in [-0.2, -0.15) is 0 Å². The van der Waals surface area contributed by atoms with Crippen molar-refractivity contribution in [3.05, 3.63) is 209 Å². The summed E-state index contributed by atoms with van der Waals surface area (Å²) in [5.74, 6) is 24.6. The van der Waals surface area contributed by atoms with Gasteiger partial charge in [0, 0.05) is 0 Å². The van der Waals surface area contributed by atoms with Crippen molar-refractivity contribution in [3.63, 3.8) is 0 Å². The molecule has 150 heavy (non-hydrogen) atoms. The summed E-state index contributed by atoms with van der Waals surface area (Å²) in [6, 6.07) is 58.7. The van der Waals surface area contributed by atoms with Crippen LogP contribution in [0.1, 0.15) is 404 Å². The summed E-state index contributed by atoms with van der Waals surface area (Å²) in [5, 5.41) is 2.79. The first-order chi connectivity index (χ1) is 69.4. The highest BCUT2D eigenvalue weighted by Crippen LogP contribution is 2.71. The Kier molecular flexibility index (Phi) is 43.9. The van der Waals surface area contributed by atoms with Gasteiger partial charge in [-0.15, -0.1) is 92.8 Å². The Labute approximate surface area is 967 Å². The first-order valence-corrected chi connectivity index (χ1v) is 76.7. The van der Waals surface area contributed by atoms with Crippen LogP contribution in [-0.4, -0.2) is 49.6 Å². The first-order valence-electron chi connectivity index (χ1n) is 61.1. The smallest absolute Gasteiger partial charge is 0.102 e. The van der Waals surface area contributed by atoms with Gasteiger partial charge >= 0.3 is 0 Å². The molecule has 0 nitrogen and oxygen atoms in total. The Morgan fingerprint density at radius 2 is 0.613 bits per heavy atom. The molecule has 6 aromatic carbocycles. The molecule has 6 aromatic rings. The number of hydrogen-bond acceptors (Lipinski definition) is 0. The first kappa shape index (κ1) is 127. The van der Waals surface area contributed by atoms with Crippen LogP contribution in [0.25, 0.3) is 16.3 Å². The van der Waals surface area contributed by atoms with Gasteiger partial charge in [0.25, 0.3) is 0 Å². The maximum atomic E-state index is 5.30. The van der Waals surface area contributed by atoms with Gasteiger partial charge in [0.2, 0.25) is 0 Å². The SMILES string of the molecule is C.CC(C)(Cl)Cl.CC(C)(Cl)Cl.CC(C)(Cl)Cl.CC(C)(Cl)Cl.CC1CC2C(c3ccc(C(C)(C)C)cc3)CCCC2C1[Si](C)(C)C1C(C)C(C)C(C)C1C.CC1CC2C(c3cccc4ccccc34)=CC=CC2C1[Si](C)(C)C1C(C)C(C)C(C)C1C.CC1CC2C(c3ccccc3)CCCC2C1[Si](C)(C)C1CCC2C(c3ccc(C(C)(C)C)cc3)CCCC21.C[Si](C)(C1CCC2CCCCC21)C1CCC2CC(c3ccccc3)CCC21. The summed E-state index contributed by atoms with van der Waals surface area (Å²) < 4.78 is -2.22. The average molecular weight is 2270 g/mol. The van der Waals surface area contributed by atoms with Gasteiger partial charge in [-0.25, -0.2) is 0 Å². The van der Waals surface area contributed by atoms with Gasteiger partial charge < -0.3 is 0 Å². The van der Waals surface area contributed by atoms with E-state index in [9.17, 15) is 0 Å². The van der Waals surface area contributed by atoms with Crippen molar-refractivity contribution < 1.29 is 0 Å². The molecule has 14 aliphatic carbocycles. The lowest BCUT2D eigenvalue weighted by Gasteiger charge is -2.48. The zero-order valence-electron chi connectivity index (χ0n) is 100. The summed E-state index contributed by atoms with van der Waals surface area (Å²) in [6.45, 7) is 78.8. The van der Waals surface area contributed by atoms with E-state index in [-0.39, 0.29) is 18.3 Å². The molecule has 0 saturated heterocycles. The van der Waals surface area contributed by atoms with E-state index in [1.54, 1.807) is 122 Å². The third kappa shape index (κ3) is 30.5. The molecule has 12 heteroatoms. The fraction of sp³-hybridized carbons (Fsp3) is 0.725. The minimum atomic E-state index is -1.48. The van der Waals surface area contributed by atoms with Crippen molar-refractivity contribution in [2.75, 3.05) is 0 Å². The minimum absolute atomic E-state index is 0. The van der Waals surface area contributed by atoms with E-state index in [0.29, 0.717) is 5.92 Å². The van der Waals surface area contributed by atoms with Crippen molar-refractivity contribution in [3.8, 4) is 0 Å². The van der Waals surface area contributed by atoms with E-state index in [1.807, 2.05) is 0 Å². The molecule has 14 aliphatic rings. The predicted octanol–water partition coefficient (Wildman–Crippen LogP) is 47.0. The van der Waals surface area contributed by atoms with Crippen LogP contribution in [0.5, 0.6) is 0 Å². The molecule has 13 saturated carbocycles. The Bertz CT molecular complexity index is 5100. The maximum absolute atomic E-state index is 5.30. The minimum Gasteiger partial charge on any atom is -0.102 e. The molecule has 33 unspecified atom stereocenters. The number of rotatable bonds is 13. The molecule has 840 valence electrons. The Morgan fingerprint density at radius 1 is 0.260 bits per heavy atom. The van der Waals surface area contributed by atoms with Crippen molar-refractivity contribution in [2.24, 2.45) is 136 Å². The van der Waals surface area contributed by atoms with Gasteiger partial charge in [0.1, 0.15) is 17.3 Å². The van der Waals surface area contributed by atoms with E-state index in [2.05, 4.69) is 340 Å². The van der Waals surface area contributed by atoms with E-state index in [1.165, 1.54) is 155 Å². The highest BCUT2D eigenvalue weighted by Gasteiger charge is 2.63. The Morgan fingerprint density at radius 3 is 1.07 bits per heavy atom. The molecule has 0 aliphatic heterocycles. The number of hydrogen-bond donors (Lipinski definition) is 0. The van der Waals surface area contributed by atoms with E-state index in [0.717, 1.165) is 193 Å². The molecule has 20 rings (SSSR count). The third-order valence-electron chi connectivity index (χ3n) is 44.4. The molecule has 0 N–H and O–H groups in total. The van der Waals surface area contributed by atoms with Gasteiger partial charge in [-0.3, -0.25) is 0 Å². The second-order valence-corrected chi connectivity index (χ2v) is 87.3. The summed E-state index contributed by atoms with van der Waals surface area (Å²) >= 11 is 42.4. The Hall–Kier alpha value is -1.75. The molecular formula is C138H216Cl8Si4. The van der Waals surface area contributed by atoms with Gasteiger partial charge in [0.05, 0.1) is 32.3 Å². The highest BCUT2D eigenvalue weighted by molar-refractivity contribution is 6.82. The van der Waals surface area contributed by atoms with Crippen molar-refractivity contribution in [2.45, 2.75) is 490 Å². The topological polar surface area (TPSA) is 0 Å². The molecular weight excluding hydrogens is 2050 g/mol. The molecule has 0 heterocycles. The fourth-order valence-electron chi connectivity index (χ4n) is 38.4. The number of halogens is 8. The predicted molar refractivity (Wildman–Crippen MR) is 683 cm³/mol. The molecule has 0 bridgehead atoms. The zero-order valence-corrected chi connectivity index (χ0v) is 110. The summed E-state index contributed by atoms with van der Waals surface area (Å²) in [7, 11) is -5.43. The monoisotopic (exact) mass is 2270 g/mol. The number of allylic oxidation sites excluding steroid dienone is 4. The van der Waals surface area contributed by atoms with Crippen LogP contribution in [0.15, 0.2) is 170 Å². The van der Waals surface area contributed by atoms with Crippen LogP contribution in [0.3, 0.4) is 0 Å². The van der Waals surface area contributed by atoms with Crippen LogP contribution in [0.2, 0.25) is 96.7 Å². The lowest BCUT2D eigenvalue weighted by atomic mass is 9.70. The average Bonchev–Trinajstić information content (AvgIpc) is 1.58. The van der Waals surface area contributed by atoms with Crippen molar-refractivity contribution in [1.82, 2.24) is 0 Å². The third-order valence-corrected chi connectivity index (χ3v) is 65.9. The van der Waals surface area contributed by atoms with Gasteiger partial charge in [0.15, 0.2) is 0 Å². The zero-order chi connectivity index (χ0) is 109. The van der Waals surface area contributed by atoms with Gasteiger partial charge in [-0.05, 0) is 390 Å². The summed E-state index contributed by atoms with van der Waals surface area (Å²) in [4.78, 5) is 0. The molecule has 0 amide bonds. The maximum Gasteiger partial charge on any atom is 0.112 e.